The number of fused-ring (bicyclic) bond motifs is 14. The van der Waals surface area contributed by atoms with E-state index in [1.807, 2.05) is 0 Å². The Morgan fingerprint density at radius 3 is 1.51 bits per heavy atom. The lowest BCUT2D eigenvalue weighted by molar-refractivity contribution is 0.660. The van der Waals surface area contributed by atoms with Gasteiger partial charge in [0.05, 0.1) is 11.1 Å². The SMILES string of the molecule is CC1(C)c2ccccc2-c2ccc(N(c3ccc(-c4ccc5c(c4)-c4ccccc4C54c5ccccc5-c5ccccc54)cc3)c3ccc4ccccc4c3-c3ccccc3)cc21. The van der Waals surface area contributed by atoms with Crippen LogP contribution < -0.4 is 4.90 Å². The van der Waals surface area contributed by atoms with Crippen LogP contribution in [0.5, 0.6) is 0 Å². The maximum absolute atomic E-state index is 2.48. The number of benzene rings is 10. The quantitative estimate of drug-likeness (QED) is 0.168. The zero-order valence-corrected chi connectivity index (χ0v) is 35.3. The first-order valence-corrected chi connectivity index (χ1v) is 22.2. The molecule has 0 fully saturated rings. The average Bonchev–Trinajstić information content (AvgIpc) is 3.90. The van der Waals surface area contributed by atoms with Crippen LogP contribution in [-0.4, -0.2) is 0 Å². The summed E-state index contributed by atoms with van der Waals surface area (Å²) >= 11 is 0. The predicted octanol–water partition coefficient (Wildman–Crippen LogP) is 16.3. The maximum atomic E-state index is 2.48. The second-order valence-electron chi connectivity index (χ2n) is 18.0. The van der Waals surface area contributed by atoms with E-state index in [9.17, 15) is 0 Å². The number of hydrogen-bond acceptors (Lipinski definition) is 1. The molecule has 0 aromatic heterocycles. The first kappa shape index (κ1) is 36.0. The third-order valence-corrected chi connectivity index (χ3v) is 14.5. The predicted molar refractivity (Wildman–Crippen MR) is 263 cm³/mol. The molecule has 10 aromatic carbocycles. The van der Waals surface area contributed by atoms with Crippen LogP contribution in [0.25, 0.3) is 66.4 Å². The van der Waals surface area contributed by atoms with Crippen LogP contribution in [0.2, 0.25) is 0 Å². The van der Waals surface area contributed by atoms with Gasteiger partial charge in [-0.2, -0.15) is 0 Å². The van der Waals surface area contributed by atoms with E-state index in [0.717, 1.165) is 17.1 Å². The summed E-state index contributed by atoms with van der Waals surface area (Å²) in [5.74, 6) is 0. The van der Waals surface area contributed by atoms with Gasteiger partial charge in [-0.05, 0) is 131 Å². The third-order valence-electron chi connectivity index (χ3n) is 14.5. The summed E-state index contributed by atoms with van der Waals surface area (Å²) in [5, 5.41) is 2.46. The topological polar surface area (TPSA) is 3.24 Å². The van der Waals surface area contributed by atoms with Gasteiger partial charge in [0.2, 0.25) is 0 Å². The van der Waals surface area contributed by atoms with E-state index < -0.39 is 0 Å². The lowest BCUT2D eigenvalue weighted by Crippen LogP contribution is -2.25. The summed E-state index contributed by atoms with van der Waals surface area (Å²) in [6.45, 7) is 4.74. The van der Waals surface area contributed by atoms with Gasteiger partial charge in [-0.1, -0.05) is 202 Å². The molecule has 63 heavy (non-hydrogen) atoms. The largest absolute Gasteiger partial charge is 0.310 e. The van der Waals surface area contributed by atoms with Crippen LogP contribution in [0, 0.1) is 0 Å². The average molecular weight is 802 g/mol. The highest BCUT2D eigenvalue weighted by Gasteiger charge is 2.51. The van der Waals surface area contributed by atoms with E-state index in [2.05, 4.69) is 243 Å². The lowest BCUT2D eigenvalue weighted by atomic mass is 9.70. The van der Waals surface area contributed by atoms with E-state index in [1.54, 1.807) is 0 Å². The van der Waals surface area contributed by atoms with Crippen LogP contribution in [0.3, 0.4) is 0 Å². The maximum Gasteiger partial charge on any atom is 0.0725 e. The number of hydrogen-bond donors (Lipinski definition) is 0. The van der Waals surface area contributed by atoms with Crippen molar-refractivity contribution in [1.82, 2.24) is 0 Å². The normalized spacial score (nSPS) is 14.1. The summed E-state index contributed by atoms with van der Waals surface area (Å²) < 4.78 is 0. The van der Waals surface area contributed by atoms with Crippen LogP contribution >= 0.6 is 0 Å². The minimum absolute atomic E-state index is 0.128. The first-order valence-electron chi connectivity index (χ1n) is 22.2. The van der Waals surface area contributed by atoms with Gasteiger partial charge < -0.3 is 4.90 Å². The molecule has 3 aliphatic rings. The molecule has 1 heteroatoms. The molecule has 0 amide bonds. The Hall–Kier alpha value is -7.74. The van der Waals surface area contributed by atoms with Crippen molar-refractivity contribution < 1.29 is 0 Å². The molecular weight excluding hydrogens is 759 g/mol. The summed E-state index contributed by atoms with van der Waals surface area (Å²) in [4.78, 5) is 2.48. The molecule has 0 heterocycles. The van der Waals surface area contributed by atoms with Crippen LogP contribution in [-0.2, 0) is 10.8 Å². The van der Waals surface area contributed by atoms with Crippen molar-refractivity contribution in [1.29, 1.82) is 0 Å². The Labute approximate surface area is 369 Å². The van der Waals surface area contributed by atoms with Crippen LogP contribution in [0.15, 0.2) is 224 Å². The summed E-state index contributed by atoms with van der Waals surface area (Å²) in [7, 11) is 0. The molecule has 0 N–H and O–H groups in total. The highest BCUT2D eigenvalue weighted by molar-refractivity contribution is 6.06. The number of nitrogens with zero attached hydrogens (tertiary/aromatic N) is 1. The molecule has 0 saturated heterocycles. The minimum Gasteiger partial charge on any atom is -0.310 e. The van der Waals surface area contributed by atoms with Crippen LogP contribution in [0.4, 0.5) is 17.1 Å². The molecule has 3 aliphatic carbocycles. The Bertz CT molecular complexity index is 3440. The molecule has 10 aromatic rings. The van der Waals surface area contributed by atoms with Crippen molar-refractivity contribution in [2.24, 2.45) is 0 Å². The molecule has 1 spiro atoms. The van der Waals surface area contributed by atoms with Gasteiger partial charge in [0, 0.05) is 22.4 Å². The zero-order valence-electron chi connectivity index (χ0n) is 35.3. The molecule has 0 bridgehead atoms. The number of anilines is 3. The Morgan fingerprint density at radius 1 is 0.317 bits per heavy atom. The van der Waals surface area contributed by atoms with Crippen molar-refractivity contribution in [3.05, 3.63) is 258 Å². The highest BCUT2D eigenvalue weighted by atomic mass is 15.1. The van der Waals surface area contributed by atoms with Crippen molar-refractivity contribution in [3.63, 3.8) is 0 Å². The molecule has 0 atom stereocenters. The minimum atomic E-state index is -0.343. The van der Waals surface area contributed by atoms with Crippen molar-refractivity contribution >= 4 is 27.8 Å². The molecule has 296 valence electrons. The van der Waals surface area contributed by atoms with Gasteiger partial charge in [0.15, 0.2) is 0 Å². The fourth-order valence-corrected chi connectivity index (χ4v) is 11.7. The van der Waals surface area contributed by atoms with Crippen LogP contribution in [0.1, 0.15) is 47.2 Å². The highest BCUT2D eigenvalue weighted by Crippen LogP contribution is 2.63. The van der Waals surface area contributed by atoms with Crippen molar-refractivity contribution in [2.75, 3.05) is 4.90 Å². The Kier molecular flexibility index (Phi) is 7.64. The standard InChI is InChI=1S/C62H43N/c1-61(2)53-24-12-8-20-47(53)51-35-34-45(39-58(51)61)63(59-37-31-41-16-6-7-19-46(41)60(59)42-17-4-3-5-18-42)44-32-28-40(29-33-44)43-30-36-57-52(38-43)50-23-11-15-27-56(50)62(57)54-25-13-9-21-48(54)49-22-10-14-26-55(49)62/h3-39H,1-2H3. The first-order chi connectivity index (χ1) is 31.0. The van der Waals surface area contributed by atoms with Gasteiger partial charge in [0.25, 0.3) is 0 Å². The van der Waals surface area contributed by atoms with E-state index in [-0.39, 0.29) is 10.8 Å². The van der Waals surface area contributed by atoms with Gasteiger partial charge >= 0.3 is 0 Å². The van der Waals surface area contributed by atoms with E-state index in [4.69, 9.17) is 0 Å². The van der Waals surface area contributed by atoms with E-state index >= 15 is 0 Å². The fourth-order valence-electron chi connectivity index (χ4n) is 11.7. The van der Waals surface area contributed by atoms with Gasteiger partial charge in [-0.25, -0.2) is 0 Å². The molecule has 0 saturated carbocycles. The molecule has 0 aliphatic heterocycles. The Morgan fingerprint density at radius 2 is 0.825 bits per heavy atom. The second-order valence-corrected chi connectivity index (χ2v) is 18.0. The smallest absolute Gasteiger partial charge is 0.0725 e. The Balaban J connectivity index is 0.977. The van der Waals surface area contributed by atoms with Gasteiger partial charge in [-0.3, -0.25) is 0 Å². The van der Waals surface area contributed by atoms with Crippen molar-refractivity contribution in [2.45, 2.75) is 24.7 Å². The van der Waals surface area contributed by atoms with Crippen molar-refractivity contribution in [3.8, 4) is 55.6 Å². The molecule has 13 rings (SSSR count). The van der Waals surface area contributed by atoms with Gasteiger partial charge in [-0.15, -0.1) is 0 Å². The summed E-state index contributed by atoms with van der Waals surface area (Å²) in [6.07, 6.45) is 0. The summed E-state index contributed by atoms with van der Waals surface area (Å²) in [6, 6.07) is 83.9. The fraction of sp³-hybridized carbons (Fsp3) is 0.0645. The van der Waals surface area contributed by atoms with E-state index in [0.29, 0.717) is 0 Å². The van der Waals surface area contributed by atoms with E-state index in [1.165, 1.54) is 99.8 Å². The molecule has 1 nitrogen and oxygen atoms in total. The summed E-state index contributed by atoms with van der Waals surface area (Å²) in [5.41, 5.74) is 23.9. The molecule has 0 unspecified atom stereocenters. The third kappa shape index (κ3) is 4.99. The molecular formula is C62H43N. The monoisotopic (exact) mass is 801 g/mol. The second kappa shape index (κ2) is 13.4. The zero-order chi connectivity index (χ0) is 41.9. The lowest BCUT2D eigenvalue weighted by Gasteiger charge is -2.31. The molecule has 0 radical (unpaired) electrons. The van der Waals surface area contributed by atoms with Gasteiger partial charge in [0.1, 0.15) is 0 Å². The number of rotatable bonds is 5.